The number of aliphatic hydroxyl groups excluding tert-OH is 2. The lowest BCUT2D eigenvalue weighted by atomic mass is 10.0. The summed E-state index contributed by atoms with van der Waals surface area (Å²) < 4.78 is 11.7. The molecule has 3 heterocycles. The monoisotopic (exact) mass is 324 g/mol. The van der Waals surface area contributed by atoms with Crippen LogP contribution in [0.25, 0.3) is 5.52 Å². The summed E-state index contributed by atoms with van der Waals surface area (Å²) in [7, 11) is 0. The molecule has 1 unspecified atom stereocenters. The number of carbonyl (C=O) groups excluding carboxylic acids is 1. The minimum absolute atomic E-state index is 0.0860. The Labute approximate surface area is 130 Å². The SMILES string of the molecule is CC(=O)O[C@@H]1[C@H](O)[C@@H](CO)OC1(O)c1ccc2c(N)ncnn12. The third kappa shape index (κ3) is 2.32. The second-order valence-electron chi connectivity index (χ2n) is 5.22. The van der Waals surface area contributed by atoms with Crippen molar-refractivity contribution in [3.05, 3.63) is 24.2 Å². The standard InChI is InChI=1S/C13H16N4O6/c1-6(19)22-11-10(20)8(4-18)23-13(11,21)9-3-2-7-12(14)15-5-16-17(7)9/h2-3,5,8,10-11,18,20-21H,4H2,1H3,(H2,14,15,16)/t8-,10-,11-,13?/m1/s1. The molecule has 1 fully saturated rings. The van der Waals surface area contributed by atoms with Gasteiger partial charge >= 0.3 is 5.97 Å². The van der Waals surface area contributed by atoms with Crippen LogP contribution in [0.5, 0.6) is 0 Å². The molecule has 0 aliphatic carbocycles. The number of aromatic nitrogens is 3. The molecule has 0 spiro atoms. The fraction of sp³-hybridized carbons (Fsp3) is 0.462. The number of nitrogens with two attached hydrogens (primary N) is 1. The molecule has 10 nitrogen and oxygen atoms in total. The Balaban J connectivity index is 2.13. The van der Waals surface area contributed by atoms with E-state index in [0.29, 0.717) is 5.52 Å². The van der Waals surface area contributed by atoms with Gasteiger partial charge in [0.1, 0.15) is 29.7 Å². The third-order valence-electron chi connectivity index (χ3n) is 3.73. The molecule has 1 saturated heterocycles. The largest absolute Gasteiger partial charge is 0.453 e. The van der Waals surface area contributed by atoms with Crippen molar-refractivity contribution in [2.75, 3.05) is 12.3 Å². The predicted molar refractivity (Wildman–Crippen MR) is 74.8 cm³/mol. The van der Waals surface area contributed by atoms with E-state index in [4.69, 9.17) is 15.2 Å². The molecule has 1 aliphatic rings. The van der Waals surface area contributed by atoms with Gasteiger partial charge in [-0.3, -0.25) is 4.79 Å². The van der Waals surface area contributed by atoms with Gasteiger partial charge in [0.25, 0.3) is 5.79 Å². The molecular weight excluding hydrogens is 308 g/mol. The molecule has 0 saturated carbocycles. The van der Waals surface area contributed by atoms with Gasteiger partial charge in [0.05, 0.1) is 6.61 Å². The number of aliphatic hydroxyl groups is 3. The number of carbonyl (C=O) groups is 1. The van der Waals surface area contributed by atoms with Crippen LogP contribution in [-0.4, -0.2) is 60.8 Å². The second kappa shape index (κ2) is 5.42. The Morgan fingerprint density at radius 2 is 2.30 bits per heavy atom. The Morgan fingerprint density at radius 3 is 2.96 bits per heavy atom. The number of nitrogen functional groups attached to an aromatic ring is 1. The number of ether oxygens (including phenoxy) is 2. The molecule has 3 rings (SSSR count). The predicted octanol–water partition coefficient (Wildman–Crippen LogP) is -1.86. The fourth-order valence-electron chi connectivity index (χ4n) is 2.70. The van der Waals surface area contributed by atoms with Crippen LogP contribution in [0.2, 0.25) is 0 Å². The quantitative estimate of drug-likeness (QED) is 0.476. The van der Waals surface area contributed by atoms with Crippen molar-refractivity contribution in [3.8, 4) is 0 Å². The van der Waals surface area contributed by atoms with Crippen LogP contribution in [0.3, 0.4) is 0 Å². The van der Waals surface area contributed by atoms with Gasteiger partial charge in [0.15, 0.2) is 11.9 Å². The number of nitrogens with zero attached hydrogens (tertiary/aromatic N) is 3. The second-order valence-corrected chi connectivity index (χ2v) is 5.22. The molecule has 1 aliphatic heterocycles. The van der Waals surface area contributed by atoms with Crippen molar-refractivity contribution in [2.24, 2.45) is 0 Å². The van der Waals surface area contributed by atoms with E-state index in [1.165, 1.54) is 16.9 Å². The molecule has 23 heavy (non-hydrogen) atoms. The Hall–Kier alpha value is -2.27. The van der Waals surface area contributed by atoms with Crippen LogP contribution in [0.4, 0.5) is 5.82 Å². The molecule has 0 radical (unpaired) electrons. The molecule has 4 atom stereocenters. The van der Waals surface area contributed by atoms with Crippen LogP contribution in [-0.2, 0) is 20.1 Å². The lowest BCUT2D eigenvalue weighted by molar-refractivity contribution is -0.249. The zero-order valence-electron chi connectivity index (χ0n) is 12.2. The van der Waals surface area contributed by atoms with Crippen molar-refractivity contribution in [1.82, 2.24) is 14.6 Å². The molecule has 2 aromatic rings. The van der Waals surface area contributed by atoms with E-state index in [1.807, 2.05) is 0 Å². The van der Waals surface area contributed by atoms with Gasteiger partial charge in [-0.2, -0.15) is 5.10 Å². The van der Waals surface area contributed by atoms with Crippen LogP contribution < -0.4 is 5.73 Å². The fourth-order valence-corrected chi connectivity index (χ4v) is 2.70. The average molecular weight is 324 g/mol. The highest BCUT2D eigenvalue weighted by Gasteiger charge is 2.58. The maximum atomic E-state index is 11.3. The topological polar surface area (TPSA) is 152 Å². The van der Waals surface area contributed by atoms with Crippen molar-refractivity contribution < 1.29 is 29.6 Å². The smallest absolute Gasteiger partial charge is 0.303 e. The van der Waals surface area contributed by atoms with Gasteiger partial charge in [-0.25, -0.2) is 9.50 Å². The zero-order valence-corrected chi connectivity index (χ0v) is 12.2. The summed E-state index contributed by atoms with van der Waals surface area (Å²) in [6.45, 7) is 0.567. The van der Waals surface area contributed by atoms with Gasteiger partial charge in [-0.05, 0) is 12.1 Å². The molecule has 5 N–H and O–H groups in total. The highest BCUT2D eigenvalue weighted by atomic mass is 16.7. The molecule has 0 aromatic carbocycles. The first-order valence-electron chi connectivity index (χ1n) is 6.83. The van der Waals surface area contributed by atoms with E-state index in [9.17, 15) is 20.1 Å². The van der Waals surface area contributed by atoms with E-state index in [-0.39, 0.29) is 11.5 Å². The summed E-state index contributed by atoms with van der Waals surface area (Å²) >= 11 is 0. The Bertz CT molecular complexity index is 749. The van der Waals surface area contributed by atoms with Crippen molar-refractivity contribution >= 4 is 17.3 Å². The summed E-state index contributed by atoms with van der Waals surface area (Å²) in [5.74, 6) is -2.74. The van der Waals surface area contributed by atoms with Gasteiger partial charge in [0.2, 0.25) is 0 Å². The summed E-state index contributed by atoms with van der Waals surface area (Å²) in [6.07, 6.45) is -2.80. The van der Waals surface area contributed by atoms with E-state index in [0.717, 1.165) is 6.92 Å². The summed E-state index contributed by atoms with van der Waals surface area (Å²) in [5.41, 5.74) is 6.23. The Morgan fingerprint density at radius 1 is 1.57 bits per heavy atom. The van der Waals surface area contributed by atoms with E-state index < -0.39 is 36.7 Å². The van der Waals surface area contributed by atoms with E-state index in [1.54, 1.807) is 6.07 Å². The lowest BCUT2D eigenvalue weighted by Gasteiger charge is -2.28. The van der Waals surface area contributed by atoms with E-state index >= 15 is 0 Å². The molecule has 2 aromatic heterocycles. The Kier molecular flexibility index (Phi) is 3.68. The minimum Gasteiger partial charge on any atom is -0.453 e. The van der Waals surface area contributed by atoms with Crippen molar-refractivity contribution in [3.63, 3.8) is 0 Å². The molecular formula is C13H16N4O6. The van der Waals surface area contributed by atoms with Crippen LogP contribution in [0.1, 0.15) is 12.6 Å². The van der Waals surface area contributed by atoms with Gasteiger partial charge in [0, 0.05) is 6.92 Å². The lowest BCUT2D eigenvalue weighted by Crippen LogP contribution is -2.44. The number of rotatable bonds is 3. The first-order chi connectivity index (χ1) is 10.9. The summed E-state index contributed by atoms with van der Waals surface area (Å²) in [6, 6.07) is 3.01. The first kappa shape index (κ1) is 15.6. The number of esters is 1. The third-order valence-corrected chi connectivity index (χ3v) is 3.73. The van der Waals surface area contributed by atoms with Gasteiger partial charge < -0.3 is 30.5 Å². The van der Waals surface area contributed by atoms with Crippen LogP contribution in [0, 0.1) is 0 Å². The van der Waals surface area contributed by atoms with Crippen molar-refractivity contribution in [1.29, 1.82) is 0 Å². The molecule has 0 bridgehead atoms. The highest BCUT2D eigenvalue weighted by Crippen LogP contribution is 2.40. The number of hydrogen-bond acceptors (Lipinski definition) is 9. The van der Waals surface area contributed by atoms with Crippen LogP contribution in [0.15, 0.2) is 18.5 Å². The number of anilines is 1. The summed E-state index contributed by atoms with van der Waals surface area (Å²) in [4.78, 5) is 15.1. The zero-order chi connectivity index (χ0) is 16.8. The molecule has 124 valence electrons. The average Bonchev–Trinajstić information content (AvgIpc) is 3.03. The van der Waals surface area contributed by atoms with E-state index in [2.05, 4.69) is 10.1 Å². The van der Waals surface area contributed by atoms with Crippen molar-refractivity contribution in [2.45, 2.75) is 31.0 Å². The van der Waals surface area contributed by atoms with Crippen LogP contribution >= 0.6 is 0 Å². The molecule has 10 heteroatoms. The first-order valence-corrected chi connectivity index (χ1v) is 6.83. The number of fused-ring (bicyclic) bond motifs is 1. The maximum absolute atomic E-state index is 11.3. The highest BCUT2D eigenvalue weighted by molar-refractivity contribution is 5.67. The summed E-state index contributed by atoms with van der Waals surface area (Å²) in [5, 5.41) is 34.4. The van der Waals surface area contributed by atoms with Gasteiger partial charge in [-0.15, -0.1) is 0 Å². The maximum Gasteiger partial charge on any atom is 0.303 e. The minimum atomic E-state index is -2.20. The normalized spacial score (nSPS) is 30.7. The van der Waals surface area contributed by atoms with Gasteiger partial charge in [-0.1, -0.05) is 0 Å². The molecule has 0 amide bonds. The number of hydrogen-bond donors (Lipinski definition) is 4.